The highest BCUT2D eigenvalue weighted by molar-refractivity contribution is 5.69. The van der Waals surface area contributed by atoms with Crippen LogP contribution in [0.4, 0.5) is 0 Å². The van der Waals surface area contributed by atoms with E-state index in [1.54, 1.807) is 25.4 Å². The first-order chi connectivity index (χ1) is 9.78. The summed E-state index contributed by atoms with van der Waals surface area (Å²) >= 11 is 0. The van der Waals surface area contributed by atoms with Crippen LogP contribution in [0.25, 0.3) is 11.3 Å². The van der Waals surface area contributed by atoms with Crippen LogP contribution in [-0.2, 0) is 0 Å². The summed E-state index contributed by atoms with van der Waals surface area (Å²) in [5, 5.41) is 0. The van der Waals surface area contributed by atoms with Crippen molar-refractivity contribution >= 4 is 0 Å². The van der Waals surface area contributed by atoms with Gasteiger partial charge in [0.25, 0.3) is 0 Å². The van der Waals surface area contributed by atoms with Crippen molar-refractivity contribution in [3.05, 3.63) is 36.5 Å². The van der Waals surface area contributed by atoms with E-state index in [-0.39, 0.29) is 0 Å². The van der Waals surface area contributed by atoms with Crippen molar-refractivity contribution in [1.29, 1.82) is 0 Å². The molecule has 1 aromatic carbocycles. The van der Waals surface area contributed by atoms with Gasteiger partial charge in [0.05, 0.1) is 19.4 Å². The lowest BCUT2D eigenvalue weighted by atomic mass is 10.1. The summed E-state index contributed by atoms with van der Waals surface area (Å²) in [7, 11) is 1.61. The summed E-state index contributed by atoms with van der Waals surface area (Å²) in [4.78, 5) is 4.31. The Kier molecular flexibility index (Phi) is 4.46. The van der Waals surface area contributed by atoms with Crippen LogP contribution < -0.4 is 14.2 Å². The maximum Gasteiger partial charge on any atom is 0.153 e. The number of ether oxygens (including phenoxy) is 3. The number of hydrogen-bond acceptors (Lipinski definition) is 4. The third kappa shape index (κ3) is 3.01. The molecule has 0 aliphatic rings. The van der Waals surface area contributed by atoms with Crippen LogP contribution >= 0.6 is 0 Å². The number of pyridine rings is 1. The van der Waals surface area contributed by atoms with Gasteiger partial charge in [0, 0.05) is 23.9 Å². The number of terminal acetylenes is 1. The van der Waals surface area contributed by atoms with Crippen LogP contribution in [0.1, 0.15) is 6.92 Å². The number of hydrogen-bond donors (Lipinski definition) is 0. The average Bonchev–Trinajstić information content (AvgIpc) is 2.48. The average molecular weight is 269 g/mol. The third-order valence-electron chi connectivity index (χ3n) is 2.68. The predicted octanol–water partition coefficient (Wildman–Crippen LogP) is 3.13. The second-order valence-corrected chi connectivity index (χ2v) is 3.89. The van der Waals surface area contributed by atoms with Gasteiger partial charge in [-0.15, -0.1) is 0 Å². The van der Waals surface area contributed by atoms with Gasteiger partial charge >= 0.3 is 0 Å². The molecule has 0 bridgehead atoms. The number of rotatable bonds is 5. The molecule has 2 aromatic rings. The van der Waals surface area contributed by atoms with E-state index < -0.39 is 0 Å². The molecule has 0 saturated carbocycles. The lowest BCUT2D eigenvalue weighted by Gasteiger charge is -2.10. The highest BCUT2D eigenvalue weighted by Crippen LogP contribution is 2.33. The van der Waals surface area contributed by atoms with Crippen LogP contribution in [0.15, 0.2) is 36.5 Å². The topological polar surface area (TPSA) is 40.6 Å². The molecule has 0 amide bonds. The second kappa shape index (κ2) is 6.48. The maximum atomic E-state index is 5.43. The van der Waals surface area contributed by atoms with Crippen LogP contribution in [0, 0.1) is 12.5 Å². The Morgan fingerprint density at radius 3 is 2.75 bits per heavy atom. The maximum absolute atomic E-state index is 5.43. The molecule has 0 aliphatic heterocycles. The SMILES string of the molecule is C#COc1cc(OCC)ccc1-c1cc(OC)ccn1. The van der Waals surface area contributed by atoms with E-state index in [0.29, 0.717) is 18.1 Å². The standard InChI is InChI=1S/C16H15NO3/c1-4-19-13-6-7-14(16(11-13)20-5-2)15-10-12(18-3)8-9-17-15/h2,6-11H,4H2,1,3H3. The van der Waals surface area contributed by atoms with Gasteiger partial charge < -0.3 is 14.2 Å². The van der Waals surface area contributed by atoms with E-state index in [1.807, 2.05) is 25.1 Å². The number of nitrogens with zero attached hydrogens (tertiary/aromatic N) is 1. The number of methoxy groups -OCH3 is 1. The highest BCUT2D eigenvalue weighted by Gasteiger charge is 2.10. The summed E-state index contributed by atoms with van der Waals surface area (Å²) in [5.74, 6) is 1.94. The number of benzene rings is 1. The zero-order chi connectivity index (χ0) is 14.4. The molecular formula is C16H15NO3. The van der Waals surface area contributed by atoms with Gasteiger partial charge in [0.2, 0.25) is 0 Å². The van der Waals surface area contributed by atoms with E-state index in [0.717, 1.165) is 17.0 Å². The summed E-state index contributed by atoms with van der Waals surface area (Å²) in [6.45, 7) is 2.49. The minimum Gasteiger partial charge on any atom is -0.497 e. The molecule has 0 saturated heterocycles. The molecule has 0 atom stereocenters. The molecule has 1 aromatic heterocycles. The van der Waals surface area contributed by atoms with Crippen molar-refractivity contribution in [3.8, 4) is 41.0 Å². The fourth-order valence-corrected chi connectivity index (χ4v) is 1.80. The second-order valence-electron chi connectivity index (χ2n) is 3.89. The van der Waals surface area contributed by atoms with Gasteiger partial charge in [-0.05, 0) is 25.1 Å². The van der Waals surface area contributed by atoms with Crippen LogP contribution in [-0.4, -0.2) is 18.7 Å². The van der Waals surface area contributed by atoms with Crippen LogP contribution in [0.3, 0.4) is 0 Å². The molecule has 0 spiro atoms. The summed E-state index contributed by atoms with van der Waals surface area (Å²) in [6, 6.07) is 9.06. The smallest absolute Gasteiger partial charge is 0.153 e. The lowest BCUT2D eigenvalue weighted by Crippen LogP contribution is -1.95. The fraction of sp³-hybridized carbons (Fsp3) is 0.188. The van der Waals surface area contributed by atoms with Gasteiger partial charge in [-0.2, -0.15) is 0 Å². The van der Waals surface area contributed by atoms with Gasteiger partial charge in [0.15, 0.2) is 5.75 Å². The molecule has 0 unspecified atom stereocenters. The van der Waals surface area contributed by atoms with E-state index in [9.17, 15) is 0 Å². The molecule has 0 N–H and O–H groups in total. The van der Waals surface area contributed by atoms with Crippen molar-refractivity contribution in [2.24, 2.45) is 0 Å². The van der Waals surface area contributed by atoms with Gasteiger partial charge in [-0.1, -0.05) is 6.42 Å². The largest absolute Gasteiger partial charge is 0.497 e. The van der Waals surface area contributed by atoms with Crippen molar-refractivity contribution in [2.45, 2.75) is 6.92 Å². The Balaban J connectivity index is 2.46. The summed E-state index contributed by atoms with van der Waals surface area (Å²) < 4.78 is 15.8. The molecule has 102 valence electrons. The highest BCUT2D eigenvalue weighted by atomic mass is 16.5. The quantitative estimate of drug-likeness (QED) is 0.782. The van der Waals surface area contributed by atoms with Crippen molar-refractivity contribution in [2.75, 3.05) is 13.7 Å². The monoisotopic (exact) mass is 269 g/mol. The van der Waals surface area contributed by atoms with Gasteiger partial charge in [-0.25, -0.2) is 0 Å². The first-order valence-corrected chi connectivity index (χ1v) is 6.18. The Morgan fingerprint density at radius 1 is 1.20 bits per heavy atom. The van der Waals surface area contributed by atoms with E-state index in [4.69, 9.17) is 20.6 Å². The van der Waals surface area contributed by atoms with Crippen molar-refractivity contribution in [3.63, 3.8) is 0 Å². The molecule has 4 heteroatoms. The molecule has 0 aliphatic carbocycles. The van der Waals surface area contributed by atoms with E-state index in [2.05, 4.69) is 11.1 Å². The third-order valence-corrected chi connectivity index (χ3v) is 2.68. The summed E-state index contributed by atoms with van der Waals surface area (Å²) in [6.07, 6.45) is 9.08. The molecule has 1 heterocycles. The first kappa shape index (κ1) is 13.8. The Hall–Kier alpha value is -2.67. The summed E-state index contributed by atoms with van der Waals surface area (Å²) in [5.41, 5.74) is 1.50. The Bertz CT molecular complexity index is 632. The molecule has 0 fully saturated rings. The van der Waals surface area contributed by atoms with E-state index in [1.165, 1.54) is 0 Å². The van der Waals surface area contributed by atoms with E-state index >= 15 is 0 Å². The van der Waals surface area contributed by atoms with Crippen molar-refractivity contribution in [1.82, 2.24) is 4.98 Å². The number of aromatic nitrogens is 1. The lowest BCUT2D eigenvalue weighted by molar-refractivity contribution is 0.338. The minimum absolute atomic E-state index is 0.527. The fourth-order valence-electron chi connectivity index (χ4n) is 1.80. The molecule has 20 heavy (non-hydrogen) atoms. The van der Waals surface area contributed by atoms with Gasteiger partial charge in [0.1, 0.15) is 17.6 Å². The van der Waals surface area contributed by atoms with Gasteiger partial charge in [-0.3, -0.25) is 4.98 Å². The molecule has 2 rings (SSSR count). The Labute approximate surface area is 118 Å². The normalized spacial score (nSPS) is 9.65. The van der Waals surface area contributed by atoms with Crippen molar-refractivity contribution < 1.29 is 14.2 Å². The van der Waals surface area contributed by atoms with Crippen LogP contribution in [0.2, 0.25) is 0 Å². The molecule has 0 radical (unpaired) electrons. The zero-order valence-electron chi connectivity index (χ0n) is 11.4. The molecular weight excluding hydrogens is 254 g/mol. The first-order valence-electron chi connectivity index (χ1n) is 6.18. The molecule has 4 nitrogen and oxygen atoms in total. The minimum atomic E-state index is 0.527. The van der Waals surface area contributed by atoms with Crippen LogP contribution in [0.5, 0.6) is 17.2 Å². The predicted molar refractivity (Wildman–Crippen MR) is 76.9 cm³/mol. The Morgan fingerprint density at radius 2 is 2.05 bits per heavy atom. The zero-order valence-corrected chi connectivity index (χ0v) is 11.4.